The number of hydrogen-bond acceptors (Lipinski definition) is 6. The van der Waals surface area contributed by atoms with Gasteiger partial charge in [-0.05, 0) is 13.0 Å². The SMILES string of the molecule is Cc1cc(C(COC=O)N2CCNC(=O)C2)ncn1. The van der Waals surface area contributed by atoms with Crippen molar-refractivity contribution in [3.05, 3.63) is 23.8 Å². The molecule has 1 atom stereocenters. The zero-order valence-electron chi connectivity index (χ0n) is 10.7. The van der Waals surface area contributed by atoms with E-state index >= 15 is 0 Å². The van der Waals surface area contributed by atoms with Crippen LogP contribution in [0.25, 0.3) is 0 Å². The van der Waals surface area contributed by atoms with E-state index in [2.05, 4.69) is 15.3 Å². The molecule has 2 rings (SSSR count). The lowest BCUT2D eigenvalue weighted by molar-refractivity contribution is -0.131. The monoisotopic (exact) mass is 264 g/mol. The molecule has 7 heteroatoms. The van der Waals surface area contributed by atoms with Crippen LogP contribution in [0.1, 0.15) is 17.4 Å². The highest BCUT2D eigenvalue weighted by Crippen LogP contribution is 2.20. The Kier molecular flexibility index (Phi) is 4.40. The standard InChI is InChI=1S/C12H16N4O3/c1-9-4-10(15-7-14-9)11(6-19-8-17)16-3-2-13-12(18)5-16/h4,7-8,11H,2-3,5-6H2,1H3,(H,13,18). The lowest BCUT2D eigenvalue weighted by atomic mass is 10.1. The molecule has 0 aliphatic carbocycles. The molecule has 1 unspecified atom stereocenters. The van der Waals surface area contributed by atoms with Crippen LogP contribution >= 0.6 is 0 Å². The zero-order chi connectivity index (χ0) is 13.7. The van der Waals surface area contributed by atoms with Crippen LogP contribution < -0.4 is 5.32 Å². The summed E-state index contributed by atoms with van der Waals surface area (Å²) in [5.41, 5.74) is 1.59. The maximum atomic E-state index is 11.5. The van der Waals surface area contributed by atoms with E-state index < -0.39 is 0 Å². The Hall–Kier alpha value is -2.02. The number of amides is 1. The lowest BCUT2D eigenvalue weighted by Gasteiger charge is -2.33. The zero-order valence-corrected chi connectivity index (χ0v) is 10.7. The number of ether oxygens (including phenoxy) is 1. The molecular weight excluding hydrogens is 248 g/mol. The number of carbonyl (C=O) groups is 2. The highest BCUT2D eigenvalue weighted by molar-refractivity contribution is 5.78. The maximum absolute atomic E-state index is 11.5. The summed E-state index contributed by atoms with van der Waals surface area (Å²) in [6, 6.07) is 1.61. The Bertz CT molecular complexity index is 466. The average Bonchev–Trinajstić information content (AvgIpc) is 2.39. The van der Waals surface area contributed by atoms with E-state index in [1.165, 1.54) is 6.33 Å². The molecule has 1 aliphatic rings. The second-order valence-electron chi connectivity index (χ2n) is 4.35. The number of aryl methyl sites for hydroxylation is 1. The average molecular weight is 264 g/mol. The first-order valence-corrected chi connectivity index (χ1v) is 6.05. The van der Waals surface area contributed by atoms with Crippen LogP contribution in [-0.2, 0) is 14.3 Å². The number of nitrogens with zero attached hydrogens (tertiary/aromatic N) is 3. The second-order valence-corrected chi connectivity index (χ2v) is 4.35. The van der Waals surface area contributed by atoms with Crippen LogP contribution in [-0.4, -0.2) is 53.5 Å². The molecule has 1 aromatic heterocycles. The topological polar surface area (TPSA) is 84.4 Å². The molecule has 1 amide bonds. The molecule has 1 fully saturated rings. The number of nitrogens with one attached hydrogen (secondary N) is 1. The van der Waals surface area contributed by atoms with Crippen molar-refractivity contribution < 1.29 is 14.3 Å². The van der Waals surface area contributed by atoms with Gasteiger partial charge in [-0.25, -0.2) is 9.97 Å². The van der Waals surface area contributed by atoms with Crippen LogP contribution in [0.3, 0.4) is 0 Å². The minimum Gasteiger partial charge on any atom is -0.466 e. The Morgan fingerprint density at radius 3 is 3.11 bits per heavy atom. The molecule has 1 saturated heterocycles. The Morgan fingerprint density at radius 1 is 1.58 bits per heavy atom. The molecule has 1 aromatic rings. The summed E-state index contributed by atoms with van der Waals surface area (Å²) in [4.78, 5) is 32.1. The predicted molar refractivity (Wildman–Crippen MR) is 66.1 cm³/mol. The van der Waals surface area contributed by atoms with Crippen LogP contribution in [0.5, 0.6) is 0 Å². The van der Waals surface area contributed by atoms with Gasteiger partial charge in [0.25, 0.3) is 6.47 Å². The number of aromatic nitrogens is 2. The summed E-state index contributed by atoms with van der Waals surface area (Å²) in [5, 5.41) is 2.76. The van der Waals surface area contributed by atoms with Gasteiger partial charge >= 0.3 is 0 Å². The predicted octanol–water partition coefficient (Wildman–Crippen LogP) is -0.569. The van der Waals surface area contributed by atoms with Crippen LogP contribution in [0, 0.1) is 6.92 Å². The van der Waals surface area contributed by atoms with E-state index in [0.29, 0.717) is 19.6 Å². The third-order valence-corrected chi connectivity index (χ3v) is 3.00. The van der Waals surface area contributed by atoms with Gasteiger partial charge in [-0.3, -0.25) is 14.5 Å². The van der Waals surface area contributed by atoms with Gasteiger partial charge in [0.15, 0.2) is 0 Å². The van der Waals surface area contributed by atoms with Gasteiger partial charge in [0.1, 0.15) is 12.9 Å². The van der Waals surface area contributed by atoms with E-state index in [4.69, 9.17) is 4.74 Å². The van der Waals surface area contributed by atoms with Crippen molar-refractivity contribution in [2.75, 3.05) is 26.2 Å². The van der Waals surface area contributed by atoms with E-state index in [-0.39, 0.29) is 25.1 Å². The Balaban J connectivity index is 2.19. The van der Waals surface area contributed by atoms with Crippen LogP contribution in [0.15, 0.2) is 12.4 Å². The Morgan fingerprint density at radius 2 is 2.42 bits per heavy atom. The first-order chi connectivity index (χ1) is 9.20. The number of piperazine rings is 1. The number of rotatable bonds is 5. The smallest absolute Gasteiger partial charge is 0.293 e. The fourth-order valence-corrected chi connectivity index (χ4v) is 2.09. The highest BCUT2D eigenvalue weighted by Gasteiger charge is 2.27. The van der Waals surface area contributed by atoms with E-state index in [1.54, 1.807) is 0 Å². The molecule has 0 bridgehead atoms. The summed E-state index contributed by atoms with van der Waals surface area (Å²) in [5.74, 6) is -0.0341. The van der Waals surface area contributed by atoms with Gasteiger partial charge < -0.3 is 10.1 Å². The molecule has 0 spiro atoms. The molecule has 1 aliphatic heterocycles. The van der Waals surface area contributed by atoms with Crippen molar-refractivity contribution in [2.24, 2.45) is 0 Å². The molecule has 7 nitrogen and oxygen atoms in total. The van der Waals surface area contributed by atoms with Gasteiger partial charge in [0.05, 0.1) is 18.3 Å². The highest BCUT2D eigenvalue weighted by atomic mass is 16.5. The normalized spacial score (nSPS) is 17.6. The van der Waals surface area contributed by atoms with Gasteiger partial charge in [-0.2, -0.15) is 0 Å². The number of hydrogen-bond donors (Lipinski definition) is 1. The fraction of sp³-hybridized carbons (Fsp3) is 0.500. The van der Waals surface area contributed by atoms with Crippen molar-refractivity contribution in [1.82, 2.24) is 20.2 Å². The largest absolute Gasteiger partial charge is 0.466 e. The summed E-state index contributed by atoms with van der Waals surface area (Å²) < 4.78 is 4.86. The second kappa shape index (κ2) is 6.24. The van der Waals surface area contributed by atoms with Gasteiger partial charge in [0.2, 0.25) is 5.91 Å². The number of carbonyl (C=O) groups excluding carboxylic acids is 2. The van der Waals surface area contributed by atoms with E-state index in [0.717, 1.165) is 11.4 Å². The van der Waals surface area contributed by atoms with Gasteiger partial charge in [0, 0.05) is 18.8 Å². The quantitative estimate of drug-likeness (QED) is 0.717. The van der Waals surface area contributed by atoms with Crippen molar-refractivity contribution in [3.63, 3.8) is 0 Å². The summed E-state index contributed by atoms with van der Waals surface area (Å²) in [6.45, 7) is 4.00. The fourth-order valence-electron chi connectivity index (χ4n) is 2.09. The minimum absolute atomic E-state index is 0.0341. The molecular formula is C12H16N4O3. The molecule has 102 valence electrons. The Labute approximate surface area is 111 Å². The molecule has 2 heterocycles. The molecule has 0 saturated carbocycles. The molecule has 0 radical (unpaired) electrons. The molecule has 19 heavy (non-hydrogen) atoms. The summed E-state index contributed by atoms with van der Waals surface area (Å²) >= 11 is 0. The van der Waals surface area contributed by atoms with Crippen molar-refractivity contribution in [2.45, 2.75) is 13.0 Å². The third-order valence-electron chi connectivity index (χ3n) is 3.00. The molecule has 1 N–H and O–H groups in total. The first kappa shape index (κ1) is 13.4. The van der Waals surface area contributed by atoms with Gasteiger partial charge in [-0.15, -0.1) is 0 Å². The van der Waals surface area contributed by atoms with Crippen molar-refractivity contribution in [1.29, 1.82) is 0 Å². The lowest BCUT2D eigenvalue weighted by Crippen LogP contribution is -2.49. The summed E-state index contributed by atoms with van der Waals surface area (Å²) in [7, 11) is 0. The van der Waals surface area contributed by atoms with E-state index in [9.17, 15) is 9.59 Å². The van der Waals surface area contributed by atoms with Crippen molar-refractivity contribution in [3.8, 4) is 0 Å². The summed E-state index contributed by atoms with van der Waals surface area (Å²) in [6.07, 6.45) is 1.47. The molecule has 0 aromatic carbocycles. The first-order valence-electron chi connectivity index (χ1n) is 6.05. The minimum atomic E-state index is -0.224. The van der Waals surface area contributed by atoms with E-state index in [1.807, 2.05) is 17.9 Å². The van der Waals surface area contributed by atoms with Crippen molar-refractivity contribution >= 4 is 12.4 Å². The third kappa shape index (κ3) is 3.47. The maximum Gasteiger partial charge on any atom is 0.293 e. The van der Waals surface area contributed by atoms with Gasteiger partial charge in [-0.1, -0.05) is 0 Å². The van der Waals surface area contributed by atoms with Crippen LogP contribution in [0.2, 0.25) is 0 Å². The van der Waals surface area contributed by atoms with Crippen LogP contribution in [0.4, 0.5) is 0 Å².